The Morgan fingerprint density at radius 1 is 1.33 bits per heavy atom. The number of halogens is 1. The van der Waals surface area contributed by atoms with Gasteiger partial charge in [-0.1, -0.05) is 17.7 Å². The molecular weight excluding hydrogens is 248 g/mol. The summed E-state index contributed by atoms with van der Waals surface area (Å²) in [5.41, 5.74) is 7.68. The van der Waals surface area contributed by atoms with Gasteiger partial charge in [0.05, 0.1) is 0 Å². The molecule has 98 valence electrons. The molecule has 1 aromatic rings. The van der Waals surface area contributed by atoms with Crippen LogP contribution in [-0.4, -0.2) is 11.9 Å². The minimum atomic E-state index is 0.0863. The second-order valence-electron chi connectivity index (χ2n) is 5.06. The van der Waals surface area contributed by atoms with Crippen molar-refractivity contribution in [1.82, 2.24) is 0 Å². The van der Waals surface area contributed by atoms with Gasteiger partial charge in [0.2, 0.25) is 5.91 Å². The first-order valence-electron chi connectivity index (χ1n) is 6.39. The van der Waals surface area contributed by atoms with Crippen molar-refractivity contribution in [1.29, 1.82) is 0 Å². The van der Waals surface area contributed by atoms with Crippen molar-refractivity contribution in [3.63, 3.8) is 0 Å². The highest BCUT2D eigenvalue weighted by atomic mass is 35.5. The summed E-state index contributed by atoms with van der Waals surface area (Å²) in [6.07, 6.45) is 3.64. The van der Waals surface area contributed by atoms with Crippen molar-refractivity contribution in [2.75, 3.05) is 5.32 Å². The predicted octanol–water partition coefficient (Wildman–Crippen LogP) is 3.10. The highest BCUT2D eigenvalue weighted by molar-refractivity contribution is 6.31. The van der Waals surface area contributed by atoms with Crippen molar-refractivity contribution in [2.24, 2.45) is 11.7 Å². The molecule has 4 heteroatoms. The molecule has 1 aromatic carbocycles. The maximum atomic E-state index is 12.1. The molecule has 0 spiro atoms. The van der Waals surface area contributed by atoms with Crippen LogP contribution in [0.4, 0.5) is 5.69 Å². The van der Waals surface area contributed by atoms with Gasteiger partial charge in [-0.3, -0.25) is 4.79 Å². The van der Waals surface area contributed by atoms with Gasteiger partial charge in [-0.05, 0) is 50.3 Å². The lowest BCUT2D eigenvalue weighted by molar-refractivity contribution is -0.120. The fourth-order valence-electron chi connectivity index (χ4n) is 2.35. The monoisotopic (exact) mass is 266 g/mol. The molecule has 0 heterocycles. The number of rotatable bonds is 2. The maximum Gasteiger partial charge on any atom is 0.227 e. The van der Waals surface area contributed by atoms with E-state index in [1.807, 2.05) is 19.1 Å². The number of nitrogens with two attached hydrogens (primary N) is 1. The van der Waals surface area contributed by atoms with E-state index in [0.717, 1.165) is 36.9 Å². The summed E-state index contributed by atoms with van der Waals surface area (Å²) in [5.74, 6) is 0.176. The van der Waals surface area contributed by atoms with E-state index in [4.69, 9.17) is 17.3 Å². The summed E-state index contributed by atoms with van der Waals surface area (Å²) < 4.78 is 0. The number of amides is 1. The number of hydrogen-bond donors (Lipinski definition) is 2. The number of aryl methyl sites for hydroxylation is 1. The van der Waals surface area contributed by atoms with Crippen LogP contribution in [0.1, 0.15) is 31.2 Å². The molecule has 0 aliphatic heterocycles. The van der Waals surface area contributed by atoms with Crippen LogP contribution < -0.4 is 11.1 Å². The number of nitrogens with one attached hydrogen (secondary N) is 1. The molecule has 3 N–H and O–H groups in total. The number of benzene rings is 1. The Morgan fingerprint density at radius 2 is 2.00 bits per heavy atom. The fourth-order valence-corrected chi connectivity index (χ4v) is 2.52. The second kappa shape index (κ2) is 5.72. The van der Waals surface area contributed by atoms with Gasteiger partial charge in [0.25, 0.3) is 0 Å². The van der Waals surface area contributed by atoms with Gasteiger partial charge >= 0.3 is 0 Å². The quantitative estimate of drug-likeness (QED) is 0.864. The van der Waals surface area contributed by atoms with Crippen LogP contribution in [-0.2, 0) is 4.79 Å². The van der Waals surface area contributed by atoms with Gasteiger partial charge in [-0.25, -0.2) is 0 Å². The zero-order valence-corrected chi connectivity index (χ0v) is 11.3. The van der Waals surface area contributed by atoms with Crippen LogP contribution in [0.2, 0.25) is 5.02 Å². The Balaban J connectivity index is 2.00. The van der Waals surface area contributed by atoms with E-state index in [9.17, 15) is 4.79 Å². The van der Waals surface area contributed by atoms with Gasteiger partial charge < -0.3 is 11.1 Å². The minimum Gasteiger partial charge on any atom is -0.328 e. The Hall–Kier alpha value is -1.06. The fraction of sp³-hybridized carbons (Fsp3) is 0.500. The van der Waals surface area contributed by atoms with Crippen LogP contribution in [0, 0.1) is 12.8 Å². The molecule has 0 atom stereocenters. The van der Waals surface area contributed by atoms with E-state index >= 15 is 0 Å². The Kier molecular flexibility index (Phi) is 4.25. The zero-order chi connectivity index (χ0) is 13.1. The first kappa shape index (κ1) is 13.4. The Bertz CT molecular complexity index is 439. The van der Waals surface area contributed by atoms with E-state index < -0.39 is 0 Å². The minimum absolute atomic E-state index is 0.0863. The highest BCUT2D eigenvalue weighted by Crippen LogP contribution is 2.26. The van der Waals surface area contributed by atoms with Crippen LogP contribution in [0.5, 0.6) is 0 Å². The number of hydrogen-bond acceptors (Lipinski definition) is 2. The van der Waals surface area contributed by atoms with Crippen LogP contribution >= 0.6 is 11.6 Å². The smallest absolute Gasteiger partial charge is 0.227 e. The van der Waals surface area contributed by atoms with Crippen molar-refractivity contribution in [3.05, 3.63) is 28.8 Å². The molecule has 0 aromatic heterocycles. The third kappa shape index (κ3) is 3.24. The Labute approximate surface area is 113 Å². The average Bonchev–Trinajstić information content (AvgIpc) is 2.34. The zero-order valence-electron chi connectivity index (χ0n) is 10.6. The lowest BCUT2D eigenvalue weighted by Gasteiger charge is -2.25. The molecule has 0 radical (unpaired) electrons. The molecule has 0 bridgehead atoms. The van der Waals surface area contributed by atoms with E-state index in [1.165, 1.54) is 0 Å². The normalized spacial score (nSPS) is 23.7. The first-order chi connectivity index (χ1) is 8.56. The van der Waals surface area contributed by atoms with E-state index in [1.54, 1.807) is 6.07 Å². The molecule has 1 saturated carbocycles. The van der Waals surface area contributed by atoms with Crippen LogP contribution in [0.15, 0.2) is 18.2 Å². The summed E-state index contributed by atoms with van der Waals surface area (Å²) in [4.78, 5) is 12.1. The van der Waals surface area contributed by atoms with Gasteiger partial charge in [-0.15, -0.1) is 0 Å². The molecule has 1 amide bonds. The highest BCUT2D eigenvalue weighted by Gasteiger charge is 2.24. The van der Waals surface area contributed by atoms with Gasteiger partial charge in [-0.2, -0.15) is 0 Å². The number of anilines is 1. The third-order valence-corrected chi connectivity index (χ3v) is 3.84. The largest absolute Gasteiger partial charge is 0.328 e. The van der Waals surface area contributed by atoms with E-state index in [0.29, 0.717) is 5.02 Å². The molecular formula is C14H19ClN2O. The maximum absolute atomic E-state index is 12.1. The van der Waals surface area contributed by atoms with Gasteiger partial charge in [0.1, 0.15) is 0 Å². The number of carbonyl (C=O) groups excluding carboxylic acids is 1. The predicted molar refractivity (Wildman–Crippen MR) is 74.8 cm³/mol. The Morgan fingerprint density at radius 3 is 2.67 bits per heavy atom. The summed E-state index contributed by atoms with van der Waals surface area (Å²) in [5, 5.41) is 3.61. The second-order valence-corrected chi connectivity index (χ2v) is 5.50. The molecule has 1 aliphatic carbocycles. The van der Waals surface area contributed by atoms with Crippen molar-refractivity contribution >= 4 is 23.2 Å². The topological polar surface area (TPSA) is 55.1 Å². The lowest BCUT2D eigenvalue weighted by Crippen LogP contribution is -2.32. The van der Waals surface area contributed by atoms with E-state index in [2.05, 4.69) is 5.32 Å². The third-order valence-electron chi connectivity index (χ3n) is 3.60. The average molecular weight is 267 g/mol. The van der Waals surface area contributed by atoms with Crippen molar-refractivity contribution in [2.45, 2.75) is 38.6 Å². The lowest BCUT2D eigenvalue weighted by atomic mass is 9.86. The SMILES string of the molecule is Cc1ccc(Cl)cc1NC(=O)C1CCC(N)CC1. The summed E-state index contributed by atoms with van der Waals surface area (Å²) in [6.45, 7) is 1.96. The van der Waals surface area contributed by atoms with Gasteiger partial charge in [0.15, 0.2) is 0 Å². The first-order valence-corrected chi connectivity index (χ1v) is 6.76. The molecule has 1 fully saturated rings. The summed E-state index contributed by atoms with van der Waals surface area (Å²) in [7, 11) is 0. The molecule has 3 nitrogen and oxygen atoms in total. The number of carbonyl (C=O) groups is 1. The molecule has 0 saturated heterocycles. The van der Waals surface area contributed by atoms with Crippen LogP contribution in [0.3, 0.4) is 0 Å². The molecule has 2 rings (SSSR count). The summed E-state index contributed by atoms with van der Waals surface area (Å²) >= 11 is 5.94. The molecule has 0 unspecified atom stereocenters. The van der Waals surface area contributed by atoms with Crippen molar-refractivity contribution in [3.8, 4) is 0 Å². The van der Waals surface area contributed by atoms with Crippen molar-refractivity contribution < 1.29 is 4.79 Å². The van der Waals surface area contributed by atoms with E-state index in [-0.39, 0.29) is 17.9 Å². The molecule has 1 aliphatic rings. The summed E-state index contributed by atoms with van der Waals surface area (Å²) in [6, 6.07) is 5.80. The van der Waals surface area contributed by atoms with Crippen LogP contribution in [0.25, 0.3) is 0 Å². The molecule has 18 heavy (non-hydrogen) atoms. The standard InChI is InChI=1S/C14H19ClN2O/c1-9-2-5-11(15)8-13(9)17-14(18)10-3-6-12(16)7-4-10/h2,5,8,10,12H,3-4,6-7,16H2,1H3,(H,17,18). The van der Waals surface area contributed by atoms with Gasteiger partial charge in [0, 0.05) is 22.7 Å².